The fraction of sp³-hybridized carbons (Fsp3) is 0.227. The molecule has 0 aliphatic rings. The number of carbonyl (C=O) groups is 2. The topological polar surface area (TPSA) is 61.2 Å². The summed E-state index contributed by atoms with van der Waals surface area (Å²) < 4.78 is 20.1. The van der Waals surface area contributed by atoms with Crippen molar-refractivity contribution in [1.82, 2.24) is 9.78 Å². The van der Waals surface area contributed by atoms with Gasteiger partial charge in [0, 0.05) is 17.2 Å². The van der Waals surface area contributed by atoms with Crippen LogP contribution in [0.3, 0.4) is 0 Å². The van der Waals surface area contributed by atoms with Crippen molar-refractivity contribution in [2.45, 2.75) is 20.8 Å². The van der Waals surface area contributed by atoms with E-state index >= 15 is 0 Å². The summed E-state index contributed by atoms with van der Waals surface area (Å²) in [4.78, 5) is 24.8. The van der Waals surface area contributed by atoms with Crippen LogP contribution in [0.15, 0.2) is 60.8 Å². The second-order valence-electron chi connectivity index (χ2n) is 7.43. The van der Waals surface area contributed by atoms with Gasteiger partial charge in [0.1, 0.15) is 17.1 Å². The summed E-state index contributed by atoms with van der Waals surface area (Å²) in [6.45, 7) is 4.98. The van der Waals surface area contributed by atoms with Crippen molar-refractivity contribution in [2.75, 3.05) is 6.61 Å². The van der Waals surface area contributed by atoms with Crippen molar-refractivity contribution in [1.29, 1.82) is 0 Å². The Balaban J connectivity index is 1.96. The van der Waals surface area contributed by atoms with Crippen LogP contribution in [0, 0.1) is 11.2 Å². The van der Waals surface area contributed by atoms with Crippen molar-refractivity contribution in [3.8, 4) is 16.9 Å². The molecule has 0 N–H and O–H groups in total. The standard InChI is InChI=1S/C22H21FN2O3/c1-22(2,3)19(26)14-28-21(27)18-13-25(17-7-5-4-6-8-17)24-20(18)15-9-11-16(23)12-10-15/h4-13H,14H2,1-3H3. The molecule has 6 heteroatoms. The molecule has 0 spiro atoms. The molecule has 0 aliphatic carbocycles. The molecule has 144 valence electrons. The Labute approximate surface area is 162 Å². The van der Waals surface area contributed by atoms with Crippen molar-refractivity contribution < 1.29 is 18.7 Å². The maximum atomic E-state index is 13.3. The van der Waals surface area contributed by atoms with E-state index in [0.717, 1.165) is 5.69 Å². The molecule has 0 amide bonds. The van der Waals surface area contributed by atoms with Crippen LogP contribution < -0.4 is 0 Å². The molecule has 3 aromatic rings. The van der Waals surface area contributed by atoms with Crippen LogP contribution in [0.2, 0.25) is 0 Å². The molecule has 28 heavy (non-hydrogen) atoms. The van der Waals surface area contributed by atoms with Crippen molar-refractivity contribution in [3.05, 3.63) is 72.2 Å². The summed E-state index contributed by atoms with van der Waals surface area (Å²) >= 11 is 0. The minimum Gasteiger partial charge on any atom is -0.454 e. The first-order valence-electron chi connectivity index (χ1n) is 8.87. The Morgan fingerprint density at radius 1 is 1.04 bits per heavy atom. The van der Waals surface area contributed by atoms with Gasteiger partial charge in [0.2, 0.25) is 0 Å². The van der Waals surface area contributed by atoms with Crippen molar-refractivity contribution >= 4 is 11.8 Å². The van der Waals surface area contributed by atoms with E-state index in [0.29, 0.717) is 11.3 Å². The van der Waals surface area contributed by atoms with Crippen LogP contribution in [-0.4, -0.2) is 28.1 Å². The average Bonchev–Trinajstić information content (AvgIpc) is 3.12. The van der Waals surface area contributed by atoms with E-state index in [2.05, 4.69) is 5.10 Å². The summed E-state index contributed by atoms with van der Waals surface area (Å²) in [6.07, 6.45) is 1.55. The van der Waals surface area contributed by atoms with E-state index in [9.17, 15) is 14.0 Å². The monoisotopic (exact) mass is 380 g/mol. The molecule has 1 aromatic heterocycles. The molecule has 0 unspecified atom stereocenters. The highest BCUT2D eigenvalue weighted by molar-refractivity contribution is 5.97. The number of ketones is 1. The summed E-state index contributed by atoms with van der Waals surface area (Å²) in [5.74, 6) is -1.22. The first-order chi connectivity index (χ1) is 13.3. The predicted octanol–water partition coefficient (Wildman–Crippen LogP) is 4.45. The molecular formula is C22H21FN2O3. The number of halogens is 1. The zero-order valence-electron chi connectivity index (χ0n) is 16.0. The molecular weight excluding hydrogens is 359 g/mol. The van der Waals surface area contributed by atoms with Crippen LogP contribution >= 0.6 is 0 Å². The Morgan fingerprint density at radius 2 is 1.68 bits per heavy atom. The van der Waals surface area contributed by atoms with E-state index in [1.54, 1.807) is 43.8 Å². The van der Waals surface area contributed by atoms with Gasteiger partial charge in [-0.05, 0) is 36.4 Å². The quantitative estimate of drug-likeness (QED) is 0.614. The number of hydrogen-bond acceptors (Lipinski definition) is 4. The smallest absolute Gasteiger partial charge is 0.342 e. The van der Waals surface area contributed by atoms with Crippen LogP contribution in [0.1, 0.15) is 31.1 Å². The molecule has 0 fully saturated rings. The van der Waals surface area contributed by atoms with Gasteiger partial charge < -0.3 is 4.74 Å². The lowest BCUT2D eigenvalue weighted by Gasteiger charge is -2.16. The molecule has 0 radical (unpaired) electrons. The highest BCUT2D eigenvalue weighted by Gasteiger charge is 2.25. The van der Waals surface area contributed by atoms with E-state index in [1.807, 2.05) is 30.3 Å². The lowest BCUT2D eigenvalue weighted by molar-refractivity contribution is -0.129. The Bertz CT molecular complexity index is 987. The summed E-state index contributed by atoms with van der Waals surface area (Å²) in [7, 11) is 0. The Kier molecular flexibility index (Phi) is 5.40. The third-order valence-corrected chi connectivity index (χ3v) is 4.24. The number of nitrogens with zero attached hydrogens (tertiary/aromatic N) is 2. The minimum atomic E-state index is -0.654. The van der Waals surface area contributed by atoms with Gasteiger partial charge in [0.15, 0.2) is 12.4 Å². The molecule has 0 bridgehead atoms. The Morgan fingerprint density at radius 3 is 2.29 bits per heavy atom. The van der Waals surface area contributed by atoms with Crippen molar-refractivity contribution in [2.24, 2.45) is 5.41 Å². The lowest BCUT2D eigenvalue weighted by Crippen LogP contribution is -2.26. The number of para-hydroxylation sites is 1. The number of rotatable bonds is 5. The molecule has 0 aliphatic heterocycles. The van der Waals surface area contributed by atoms with Gasteiger partial charge in [-0.2, -0.15) is 5.10 Å². The van der Waals surface area contributed by atoms with Crippen molar-refractivity contribution in [3.63, 3.8) is 0 Å². The third kappa shape index (κ3) is 4.34. The maximum absolute atomic E-state index is 13.3. The number of esters is 1. The lowest BCUT2D eigenvalue weighted by atomic mass is 9.91. The summed E-state index contributed by atoms with van der Waals surface area (Å²) in [5.41, 5.74) is 1.30. The Hall–Kier alpha value is -3.28. The van der Waals surface area contributed by atoms with Gasteiger partial charge in [-0.1, -0.05) is 39.0 Å². The highest BCUT2D eigenvalue weighted by Crippen LogP contribution is 2.25. The fourth-order valence-electron chi connectivity index (χ4n) is 2.48. The van der Waals surface area contributed by atoms with E-state index < -0.39 is 11.4 Å². The van der Waals surface area contributed by atoms with Crippen LogP contribution in [0.5, 0.6) is 0 Å². The molecule has 3 rings (SSSR count). The summed E-state index contributed by atoms with van der Waals surface area (Å²) in [5, 5.41) is 4.49. The number of carbonyl (C=O) groups excluding carboxylic acids is 2. The number of Topliss-reactive ketones (excluding diaryl/α,β-unsaturated/α-hetero) is 1. The third-order valence-electron chi connectivity index (χ3n) is 4.24. The van der Waals surface area contributed by atoms with Gasteiger partial charge in [0.05, 0.1) is 5.69 Å². The first kappa shape index (κ1) is 19.5. The van der Waals surface area contributed by atoms with Gasteiger partial charge in [0.25, 0.3) is 0 Å². The second kappa shape index (κ2) is 7.76. The summed E-state index contributed by atoms with van der Waals surface area (Å²) in [6, 6.07) is 15.0. The van der Waals surface area contributed by atoms with Crippen LogP contribution in [-0.2, 0) is 9.53 Å². The number of ether oxygens (including phenoxy) is 1. The zero-order valence-corrected chi connectivity index (χ0v) is 16.0. The molecule has 0 saturated heterocycles. The fourth-order valence-corrected chi connectivity index (χ4v) is 2.48. The van der Waals surface area contributed by atoms with Gasteiger partial charge >= 0.3 is 5.97 Å². The number of benzene rings is 2. The number of hydrogen-bond donors (Lipinski definition) is 0. The first-order valence-corrected chi connectivity index (χ1v) is 8.87. The minimum absolute atomic E-state index is 0.181. The van der Waals surface area contributed by atoms with Crippen LogP contribution in [0.4, 0.5) is 4.39 Å². The maximum Gasteiger partial charge on any atom is 0.342 e. The zero-order chi connectivity index (χ0) is 20.3. The molecule has 1 heterocycles. The average molecular weight is 380 g/mol. The normalized spacial score (nSPS) is 11.3. The van der Waals surface area contributed by atoms with E-state index in [4.69, 9.17) is 4.74 Å². The molecule has 0 saturated carbocycles. The molecule has 2 aromatic carbocycles. The molecule has 5 nitrogen and oxygen atoms in total. The SMILES string of the molecule is CC(C)(C)C(=O)COC(=O)c1cn(-c2ccccc2)nc1-c1ccc(F)cc1. The second-order valence-corrected chi connectivity index (χ2v) is 7.43. The van der Waals surface area contributed by atoms with E-state index in [-0.39, 0.29) is 23.8 Å². The van der Waals surface area contributed by atoms with Gasteiger partial charge in [-0.3, -0.25) is 4.79 Å². The van der Waals surface area contributed by atoms with Gasteiger partial charge in [-0.25, -0.2) is 13.9 Å². The van der Waals surface area contributed by atoms with Gasteiger partial charge in [-0.15, -0.1) is 0 Å². The largest absolute Gasteiger partial charge is 0.454 e. The molecule has 0 atom stereocenters. The van der Waals surface area contributed by atoms with E-state index in [1.165, 1.54) is 12.1 Å². The van der Waals surface area contributed by atoms with Crippen LogP contribution in [0.25, 0.3) is 16.9 Å². The number of aromatic nitrogens is 2. The predicted molar refractivity (Wildman–Crippen MR) is 104 cm³/mol. The highest BCUT2D eigenvalue weighted by atomic mass is 19.1.